The van der Waals surface area contributed by atoms with Crippen LogP contribution in [0, 0.1) is 6.92 Å². The van der Waals surface area contributed by atoms with Gasteiger partial charge in [0.1, 0.15) is 17.1 Å². The van der Waals surface area contributed by atoms with Gasteiger partial charge in [-0.05, 0) is 68.2 Å². The van der Waals surface area contributed by atoms with Crippen LogP contribution in [0.5, 0.6) is 11.5 Å². The van der Waals surface area contributed by atoms with Crippen molar-refractivity contribution in [3.8, 4) is 22.6 Å². The molecule has 180 valence electrons. The van der Waals surface area contributed by atoms with Gasteiger partial charge in [-0.1, -0.05) is 37.3 Å². The molecule has 0 radical (unpaired) electrons. The minimum Gasteiger partial charge on any atom is -0.497 e. The highest BCUT2D eigenvalue weighted by Crippen LogP contribution is 2.41. The lowest BCUT2D eigenvalue weighted by Crippen LogP contribution is -2.10. The van der Waals surface area contributed by atoms with Gasteiger partial charge in [0.25, 0.3) is 0 Å². The summed E-state index contributed by atoms with van der Waals surface area (Å²) < 4.78 is 17.3. The summed E-state index contributed by atoms with van der Waals surface area (Å²) in [6.07, 6.45) is 4.24. The van der Waals surface area contributed by atoms with Crippen molar-refractivity contribution in [1.29, 1.82) is 0 Å². The molecule has 0 aliphatic carbocycles. The molecule has 5 heteroatoms. The molecule has 1 amide bonds. The van der Waals surface area contributed by atoms with Crippen molar-refractivity contribution in [2.45, 2.75) is 34.1 Å². The van der Waals surface area contributed by atoms with Crippen molar-refractivity contribution >= 4 is 28.1 Å². The van der Waals surface area contributed by atoms with E-state index in [1.54, 1.807) is 19.4 Å². The molecule has 0 saturated carbocycles. The second-order valence-corrected chi connectivity index (χ2v) is 8.39. The normalized spacial score (nSPS) is 11.5. The molecule has 4 aromatic rings. The van der Waals surface area contributed by atoms with Crippen molar-refractivity contribution < 1.29 is 18.7 Å². The summed E-state index contributed by atoms with van der Waals surface area (Å²) in [5, 5.41) is 3.99. The molecule has 3 aromatic carbocycles. The first kappa shape index (κ1) is 24.1. The highest BCUT2D eigenvalue weighted by Gasteiger charge is 2.19. The molecule has 0 unspecified atom stereocenters. The van der Waals surface area contributed by atoms with E-state index in [0.717, 1.165) is 68.0 Å². The Morgan fingerprint density at radius 2 is 1.83 bits per heavy atom. The zero-order valence-corrected chi connectivity index (χ0v) is 20.9. The molecular formula is C30H31NO4. The van der Waals surface area contributed by atoms with Crippen LogP contribution in [-0.2, 0) is 11.2 Å². The quantitative estimate of drug-likeness (QED) is 0.273. The van der Waals surface area contributed by atoms with E-state index in [1.165, 1.54) is 0 Å². The lowest BCUT2D eigenvalue weighted by molar-refractivity contribution is -0.111. The smallest absolute Gasteiger partial charge is 0.248 e. The number of hydrogen-bond donors (Lipinski definition) is 1. The maximum Gasteiger partial charge on any atom is 0.248 e. The van der Waals surface area contributed by atoms with Gasteiger partial charge in [-0.25, -0.2) is 0 Å². The van der Waals surface area contributed by atoms with Crippen LogP contribution in [-0.4, -0.2) is 19.6 Å². The van der Waals surface area contributed by atoms with Crippen LogP contribution in [0.1, 0.15) is 37.5 Å². The maximum atomic E-state index is 12.9. The lowest BCUT2D eigenvalue weighted by Gasteiger charge is -2.15. The first-order chi connectivity index (χ1) is 17.0. The van der Waals surface area contributed by atoms with Crippen LogP contribution < -0.4 is 14.8 Å². The van der Waals surface area contributed by atoms with Crippen LogP contribution >= 0.6 is 0 Å². The number of furan rings is 1. The molecule has 5 nitrogen and oxygen atoms in total. The number of fused-ring (bicyclic) bond motifs is 1. The fourth-order valence-electron chi connectivity index (χ4n) is 4.33. The molecule has 1 aromatic heterocycles. The summed E-state index contributed by atoms with van der Waals surface area (Å²) in [6, 6.07) is 17.8. The average Bonchev–Trinajstić information content (AvgIpc) is 3.30. The van der Waals surface area contributed by atoms with Crippen molar-refractivity contribution in [3.63, 3.8) is 0 Å². The number of aryl methyl sites for hydroxylation is 2. The van der Waals surface area contributed by atoms with E-state index in [4.69, 9.17) is 13.9 Å². The van der Waals surface area contributed by atoms with Crippen LogP contribution in [0.4, 0.5) is 5.69 Å². The highest BCUT2D eigenvalue weighted by atomic mass is 16.5. The predicted octanol–water partition coefficient (Wildman–Crippen LogP) is 7.42. The van der Waals surface area contributed by atoms with Gasteiger partial charge in [-0.3, -0.25) is 4.79 Å². The fraction of sp³-hybridized carbons (Fsp3) is 0.233. The van der Waals surface area contributed by atoms with E-state index >= 15 is 0 Å². The Balaban J connectivity index is 1.77. The number of benzene rings is 3. The molecule has 0 saturated heterocycles. The molecule has 0 bridgehead atoms. The molecule has 1 heterocycles. The third-order valence-electron chi connectivity index (χ3n) is 6.16. The number of amides is 1. The summed E-state index contributed by atoms with van der Waals surface area (Å²) >= 11 is 0. The van der Waals surface area contributed by atoms with Gasteiger partial charge in [0.2, 0.25) is 5.91 Å². The summed E-state index contributed by atoms with van der Waals surface area (Å²) in [5.41, 5.74) is 7.29. The van der Waals surface area contributed by atoms with E-state index in [0.29, 0.717) is 6.61 Å². The molecule has 0 atom stereocenters. The Kier molecular flexibility index (Phi) is 7.25. The number of anilines is 1. The van der Waals surface area contributed by atoms with E-state index in [9.17, 15) is 4.79 Å². The van der Waals surface area contributed by atoms with Gasteiger partial charge in [0, 0.05) is 33.8 Å². The van der Waals surface area contributed by atoms with E-state index in [1.807, 2.05) is 69.3 Å². The summed E-state index contributed by atoms with van der Waals surface area (Å²) in [5.74, 6) is 1.35. The Labute approximate surface area is 206 Å². The lowest BCUT2D eigenvalue weighted by atomic mass is 9.96. The number of carbonyl (C=O) groups excluding carboxylic acids is 1. The number of rotatable bonds is 8. The Bertz CT molecular complexity index is 1380. The largest absolute Gasteiger partial charge is 0.497 e. The molecule has 0 aliphatic heterocycles. The molecule has 4 rings (SSSR count). The van der Waals surface area contributed by atoms with Gasteiger partial charge in [-0.15, -0.1) is 0 Å². The van der Waals surface area contributed by atoms with E-state index in [-0.39, 0.29) is 5.91 Å². The topological polar surface area (TPSA) is 60.7 Å². The maximum absolute atomic E-state index is 12.9. The number of hydrogen-bond acceptors (Lipinski definition) is 4. The van der Waals surface area contributed by atoms with Crippen molar-refractivity contribution in [1.82, 2.24) is 0 Å². The van der Waals surface area contributed by atoms with Crippen molar-refractivity contribution in [2.75, 3.05) is 19.0 Å². The molecular weight excluding hydrogens is 438 g/mol. The summed E-state index contributed by atoms with van der Waals surface area (Å²) in [6.45, 7) is 8.45. The molecule has 35 heavy (non-hydrogen) atoms. The van der Waals surface area contributed by atoms with Crippen molar-refractivity contribution in [2.24, 2.45) is 0 Å². The van der Waals surface area contributed by atoms with Gasteiger partial charge in [-0.2, -0.15) is 0 Å². The highest BCUT2D eigenvalue weighted by molar-refractivity contribution is 6.06. The minimum atomic E-state index is -0.175. The van der Waals surface area contributed by atoms with E-state index in [2.05, 4.69) is 18.3 Å². The zero-order chi connectivity index (χ0) is 24.9. The number of nitrogens with one attached hydrogen (secondary N) is 1. The second kappa shape index (κ2) is 10.5. The Hall–Kier alpha value is -3.99. The average molecular weight is 470 g/mol. The summed E-state index contributed by atoms with van der Waals surface area (Å²) in [4.78, 5) is 12.9. The standard InChI is InChI=1S/C30H31NO4/c1-6-21-10-8-9-11-27(21)31-28(32)16-19(3)24-17-25-26(22-12-14-23(33-5)15-13-22)18-35-30(25)20(4)29(24)34-7-2/h8-18H,6-7H2,1-5H3,(H,31,32)/b19-16+. The third-order valence-corrected chi connectivity index (χ3v) is 6.16. The second-order valence-electron chi connectivity index (χ2n) is 8.39. The number of allylic oxidation sites excluding steroid dienone is 1. The Morgan fingerprint density at radius 3 is 2.51 bits per heavy atom. The first-order valence-corrected chi connectivity index (χ1v) is 11.9. The SMILES string of the molecule is CCOc1c(/C(C)=C/C(=O)Nc2ccccc2CC)cc2c(-c3ccc(OC)cc3)coc2c1C. The predicted molar refractivity (Wildman–Crippen MR) is 142 cm³/mol. The third kappa shape index (κ3) is 4.94. The first-order valence-electron chi connectivity index (χ1n) is 11.9. The minimum absolute atomic E-state index is 0.175. The number of methoxy groups -OCH3 is 1. The molecule has 0 aliphatic rings. The van der Waals surface area contributed by atoms with Crippen molar-refractivity contribution in [3.05, 3.63) is 83.6 Å². The van der Waals surface area contributed by atoms with Gasteiger partial charge in [0.15, 0.2) is 0 Å². The van der Waals surface area contributed by atoms with Crippen LogP contribution in [0.3, 0.4) is 0 Å². The summed E-state index contributed by atoms with van der Waals surface area (Å²) in [7, 11) is 1.65. The van der Waals surface area contributed by atoms with Crippen LogP contribution in [0.25, 0.3) is 27.7 Å². The van der Waals surface area contributed by atoms with Gasteiger partial charge < -0.3 is 19.2 Å². The van der Waals surface area contributed by atoms with Crippen LogP contribution in [0.2, 0.25) is 0 Å². The number of carbonyl (C=O) groups is 1. The van der Waals surface area contributed by atoms with Gasteiger partial charge in [0.05, 0.1) is 20.0 Å². The fourth-order valence-corrected chi connectivity index (χ4v) is 4.33. The van der Waals surface area contributed by atoms with Crippen LogP contribution in [0.15, 0.2) is 71.4 Å². The molecule has 0 fully saturated rings. The zero-order valence-electron chi connectivity index (χ0n) is 20.9. The van der Waals surface area contributed by atoms with E-state index < -0.39 is 0 Å². The monoisotopic (exact) mass is 469 g/mol. The number of ether oxygens (including phenoxy) is 2. The molecule has 0 spiro atoms. The van der Waals surface area contributed by atoms with Gasteiger partial charge >= 0.3 is 0 Å². The number of para-hydroxylation sites is 1. The Morgan fingerprint density at radius 1 is 1.09 bits per heavy atom. The molecule has 1 N–H and O–H groups in total.